The minimum Gasteiger partial charge on any atom is -0.338 e. The lowest BCUT2D eigenvalue weighted by atomic mass is 9.90. The van der Waals surface area contributed by atoms with E-state index in [4.69, 9.17) is 5.26 Å². The van der Waals surface area contributed by atoms with Crippen molar-refractivity contribution in [1.82, 2.24) is 5.32 Å². The van der Waals surface area contributed by atoms with Gasteiger partial charge in [-0.25, -0.2) is 4.39 Å². The van der Waals surface area contributed by atoms with E-state index in [0.29, 0.717) is 5.56 Å². The third kappa shape index (κ3) is 3.56. The zero-order valence-corrected chi connectivity index (χ0v) is 10.8. The molecule has 3 nitrogen and oxygen atoms in total. The van der Waals surface area contributed by atoms with Crippen LogP contribution in [0.15, 0.2) is 24.3 Å². The first-order chi connectivity index (χ1) is 8.37. The minimum atomic E-state index is -0.898. The molecule has 0 heterocycles. The molecule has 0 fully saturated rings. The van der Waals surface area contributed by atoms with E-state index in [1.807, 2.05) is 13.8 Å². The van der Waals surface area contributed by atoms with Gasteiger partial charge in [-0.3, -0.25) is 4.79 Å². The number of nitrogens with zero attached hydrogens (tertiary/aromatic N) is 1. The Kier molecular flexibility index (Phi) is 4.43. The van der Waals surface area contributed by atoms with Crippen molar-refractivity contribution in [2.24, 2.45) is 5.92 Å². The number of carbonyl (C=O) groups excluding carboxylic acids is 1. The summed E-state index contributed by atoms with van der Waals surface area (Å²) >= 11 is 0. The van der Waals surface area contributed by atoms with E-state index in [9.17, 15) is 9.18 Å². The number of hydrogen-bond acceptors (Lipinski definition) is 2. The van der Waals surface area contributed by atoms with Crippen LogP contribution in [0.2, 0.25) is 0 Å². The van der Waals surface area contributed by atoms with Crippen molar-refractivity contribution >= 4 is 5.91 Å². The second-order valence-corrected chi connectivity index (χ2v) is 4.82. The number of hydrogen-bond donors (Lipinski definition) is 1. The number of nitriles is 1. The highest BCUT2D eigenvalue weighted by atomic mass is 19.1. The normalized spacial score (nSPS) is 13.8. The first-order valence-electron chi connectivity index (χ1n) is 5.84. The van der Waals surface area contributed by atoms with E-state index in [-0.39, 0.29) is 24.1 Å². The van der Waals surface area contributed by atoms with Crippen LogP contribution >= 0.6 is 0 Å². The van der Waals surface area contributed by atoms with Crippen LogP contribution in [0, 0.1) is 23.1 Å². The molecule has 1 aromatic carbocycles. The molecule has 1 aromatic rings. The smallest absolute Gasteiger partial charge is 0.225 e. The van der Waals surface area contributed by atoms with Crippen molar-refractivity contribution in [2.75, 3.05) is 0 Å². The van der Waals surface area contributed by atoms with Gasteiger partial charge >= 0.3 is 0 Å². The molecule has 1 amide bonds. The summed E-state index contributed by atoms with van der Waals surface area (Å²) in [6, 6.07) is 7.99. The molecule has 0 saturated heterocycles. The summed E-state index contributed by atoms with van der Waals surface area (Å²) < 4.78 is 13.0. The van der Waals surface area contributed by atoms with Crippen molar-refractivity contribution in [3.05, 3.63) is 35.6 Å². The second-order valence-electron chi connectivity index (χ2n) is 4.82. The third-order valence-electron chi connectivity index (χ3n) is 3.04. The molecule has 4 heteroatoms. The number of rotatable bonds is 4. The molecule has 0 bridgehead atoms. The van der Waals surface area contributed by atoms with Gasteiger partial charge in [-0.15, -0.1) is 0 Å². The maximum Gasteiger partial charge on any atom is 0.225 e. The van der Waals surface area contributed by atoms with Crippen LogP contribution in [-0.2, 0) is 11.2 Å². The minimum absolute atomic E-state index is 0.000963. The quantitative estimate of drug-likeness (QED) is 0.889. The van der Waals surface area contributed by atoms with Gasteiger partial charge < -0.3 is 5.32 Å². The van der Waals surface area contributed by atoms with Gasteiger partial charge in [0.15, 0.2) is 0 Å². The monoisotopic (exact) mass is 248 g/mol. The molecule has 18 heavy (non-hydrogen) atoms. The van der Waals surface area contributed by atoms with Crippen LogP contribution < -0.4 is 5.32 Å². The number of amides is 1. The number of benzene rings is 1. The SMILES string of the molecule is CC(C)[C@@](C)(C#N)NC(=O)Cc1cccc(F)c1. The van der Waals surface area contributed by atoms with E-state index < -0.39 is 5.54 Å². The Morgan fingerprint density at radius 3 is 2.72 bits per heavy atom. The predicted molar refractivity (Wildman–Crippen MR) is 67.1 cm³/mol. The van der Waals surface area contributed by atoms with Crippen molar-refractivity contribution in [1.29, 1.82) is 5.26 Å². The summed E-state index contributed by atoms with van der Waals surface area (Å²) in [7, 11) is 0. The summed E-state index contributed by atoms with van der Waals surface area (Å²) in [5.41, 5.74) is -0.304. The van der Waals surface area contributed by atoms with Crippen molar-refractivity contribution < 1.29 is 9.18 Å². The zero-order valence-electron chi connectivity index (χ0n) is 10.8. The van der Waals surface area contributed by atoms with Crippen LogP contribution in [-0.4, -0.2) is 11.4 Å². The van der Waals surface area contributed by atoms with E-state index in [0.717, 1.165) is 0 Å². The molecule has 0 aromatic heterocycles. The van der Waals surface area contributed by atoms with Gasteiger partial charge in [-0.2, -0.15) is 5.26 Å². The standard InChI is InChI=1S/C14H17FN2O/c1-10(2)14(3,9-16)17-13(18)8-11-5-4-6-12(15)7-11/h4-7,10H,8H2,1-3H3,(H,17,18)/t14-/m1/s1. The van der Waals surface area contributed by atoms with E-state index in [1.165, 1.54) is 12.1 Å². The highest BCUT2D eigenvalue weighted by molar-refractivity contribution is 5.79. The molecule has 0 radical (unpaired) electrons. The van der Waals surface area contributed by atoms with Crippen molar-refractivity contribution in [2.45, 2.75) is 32.7 Å². The van der Waals surface area contributed by atoms with E-state index in [2.05, 4.69) is 11.4 Å². The Hall–Kier alpha value is -1.89. The molecule has 1 atom stereocenters. The summed E-state index contributed by atoms with van der Waals surface area (Å²) in [6.07, 6.45) is 0.0712. The molecule has 0 spiro atoms. The summed E-state index contributed by atoms with van der Waals surface area (Å²) in [4.78, 5) is 11.8. The first kappa shape index (κ1) is 14.2. The van der Waals surface area contributed by atoms with E-state index >= 15 is 0 Å². The van der Waals surface area contributed by atoms with Gasteiger partial charge in [0.25, 0.3) is 0 Å². The van der Waals surface area contributed by atoms with Crippen LogP contribution in [0.5, 0.6) is 0 Å². The average Bonchev–Trinajstić information content (AvgIpc) is 2.28. The number of halogens is 1. The fourth-order valence-electron chi connectivity index (χ4n) is 1.47. The lowest BCUT2D eigenvalue weighted by molar-refractivity contribution is -0.122. The van der Waals surface area contributed by atoms with E-state index in [1.54, 1.807) is 19.1 Å². The maximum atomic E-state index is 13.0. The Bertz CT molecular complexity index is 479. The molecule has 0 aliphatic heterocycles. The Morgan fingerprint density at radius 2 is 2.22 bits per heavy atom. The lowest BCUT2D eigenvalue weighted by Gasteiger charge is -2.27. The molecule has 0 aliphatic carbocycles. The van der Waals surface area contributed by atoms with Gasteiger partial charge in [-0.05, 0) is 30.5 Å². The molecule has 1 N–H and O–H groups in total. The molecule has 96 valence electrons. The van der Waals surface area contributed by atoms with Gasteiger partial charge in [0.05, 0.1) is 12.5 Å². The molecular formula is C14H17FN2O. The maximum absolute atomic E-state index is 13.0. The topological polar surface area (TPSA) is 52.9 Å². The van der Waals surface area contributed by atoms with Gasteiger partial charge in [0, 0.05) is 0 Å². The molecular weight excluding hydrogens is 231 g/mol. The lowest BCUT2D eigenvalue weighted by Crippen LogP contribution is -2.49. The third-order valence-corrected chi connectivity index (χ3v) is 3.04. The average molecular weight is 248 g/mol. The largest absolute Gasteiger partial charge is 0.338 e. The van der Waals surface area contributed by atoms with Crippen molar-refractivity contribution in [3.8, 4) is 6.07 Å². The highest BCUT2D eigenvalue weighted by Crippen LogP contribution is 2.15. The number of nitrogens with one attached hydrogen (secondary N) is 1. The second kappa shape index (κ2) is 5.63. The van der Waals surface area contributed by atoms with Crippen LogP contribution in [0.3, 0.4) is 0 Å². The molecule has 1 rings (SSSR count). The predicted octanol–water partition coefficient (Wildman–Crippen LogP) is 2.42. The van der Waals surface area contributed by atoms with Crippen molar-refractivity contribution in [3.63, 3.8) is 0 Å². The molecule has 0 saturated carbocycles. The molecule has 0 aliphatic rings. The number of carbonyl (C=O) groups is 1. The van der Waals surface area contributed by atoms with Gasteiger partial charge in [0.1, 0.15) is 11.4 Å². The highest BCUT2D eigenvalue weighted by Gasteiger charge is 2.29. The fourth-order valence-corrected chi connectivity index (χ4v) is 1.47. The fraction of sp³-hybridized carbons (Fsp3) is 0.429. The van der Waals surface area contributed by atoms with Crippen LogP contribution in [0.4, 0.5) is 4.39 Å². The Labute approximate surface area is 107 Å². The zero-order chi connectivity index (χ0) is 13.8. The van der Waals surface area contributed by atoms with Gasteiger partial charge in [-0.1, -0.05) is 26.0 Å². The Morgan fingerprint density at radius 1 is 1.56 bits per heavy atom. The van der Waals surface area contributed by atoms with Crippen LogP contribution in [0.25, 0.3) is 0 Å². The molecule has 0 unspecified atom stereocenters. The summed E-state index contributed by atoms with van der Waals surface area (Å²) in [6.45, 7) is 5.42. The summed E-state index contributed by atoms with van der Waals surface area (Å²) in [5.74, 6) is -0.649. The summed E-state index contributed by atoms with van der Waals surface area (Å²) in [5, 5.41) is 11.8. The Balaban J connectivity index is 2.71. The van der Waals surface area contributed by atoms with Crippen LogP contribution in [0.1, 0.15) is 26.3 Å². The first-order valence-corrected chi connectivity index (χ1v) is 5.84. The van der Waals surface area contributed by atoms with Gasteiger partial charge in [0.2, 0.25) is 5.91 Å².